The number of halogens is 1. The monoisotopic (exact) mass is 338 g/mol. The van der Waals surface area contributed by atoms with Crippen molar-refractivity contribution in [2.45, 2.75) is 51.6 Å². The molecule has 2 nitrogen and oxygen atoms in total. The zero-order valence-electron chi connectivity index (χ0n) is 12.7. The number of rotatable bonds is 5. The zero-order valence-corrected chi connectivity index (χ0v) is 14.3. The second kappa shape index (κ2) is 7.58. The Bertz CT molecular complexity index is 413. The Morgan fingerprint density at radius 1 is 1.30 bits per heavy atom. The molecule has 1 saturated heterocycles. The Kier molecular flexibility index (Phi) is 6.06. The summed E-state index contributed by atoms with van der Waals surface area (Å²) in [5.74, 6) is 0.910. The van der Waals surface area contributed by atoms with E-state index in [2.05, 4.69) is 58.9 Å². The van der Waals surface area contributed by atoms with Crippen molar-refractivity contribution in [1.29, 1.82) is 0 Å². The highest BCUT2D eigenvalue weighted by atomic mass is 79.9. The zero-order chi connectivity index (χ0) is 14.5. The van der Waals surface area contributed by atoms with E-state index in [-0.39, 0.29) is 6.04 Å². The van der Waals surface area contributed by atoms with Gasteiger partial charge in [0.15, 0.2) is 0 Å². The van der Waals surface area contributed by atoms with Crippen LogP contribution >= 0.6 is 15.9 Å². The second-order valence-corrected chi connectivity index (χ2v) is 6.88. The number of nitrogens with zero attached hydrogens (tertiary/aromatic N) is 1. The lowest BCUT2D eigenvalue weighted by Gasteiger charge is -2.40. The van der Waals surface area contributed by atoms with Crippen LogP contribution in [0.2, 0.25) is 0 Å². The van der Waals surface area contributed by atoms with E-state index in [0.717, 1.165) is 16.8 Å². The molecule has 0 amide bonds. The highest BCUT2D eigenvalue weighted by molar-refractivity contribution is 9.10. The van der Waals surface area contributed by atoms with Crippen LogP contribution in [0.1, 0.15) is 51.1 Å². The SMILES string of the molecule is CCC1CCN(C(c2cccc(Br)c2)C(N)CC)CC1. The lowest BCUT2D eigenvalue weighted by molar-refractivity contribution is 0.113. The molecular weight excluding hydrogens is 312 g/mol. The third kappa shape index (κ3) is 3.84. The third-order valence-corrected chi connectivity index (χ3v) is 5.18. The summed E-state index contributed by atoms with van der Waals surface area (Å²) in [6.45, 7) is 6.87. The molecule has 0 spiro atoms. The largest absolute Gasteiger partial charge is 0.326 e. The molecule has 2 atom stereocenters. The first-order chi connectivity index (χ1) is 9.65. The van der Waals surface area contributed by atoms with Crippen LogP contribution in [0.15, 0.2) is 28.7 Å². The molecule has 20 heavy (non-hydrogen) atoms. The minimum absolute atomic E-state index is 0.211. The number of nitrogens with two attached hydrogens (primary N) is 1. The fourth-order valence-corrected chi connectivity index (χ4v) is 3.70. The summed E-state index contributed by atoms with van der Waals surface area (Å²) in [6, 6.07) is 9.22. The van der Waals surface area contributed by atoms with E-state index in [9.17, 15) is 0 Å². The van der Waals surface area contributed by atoms with Crippen molar-refractivity contribution in [3.63, 3.8) is 0 Å². The Morgan fingerprint density at radius 2 is 2.00 bits per heavy atom. The van der Waals surface area contributed by atoms with E-state index in [1.54, 1.807) is 0 Å². The number of hydrogen-bond acceptors (Lipinski definition) is 2. The smallest absolute Gasteiger partial charge is 0.0499 e. The van der Waals surface area contributed by atoms with E-state index in [0.29, 0.717) is 6.04 Å². The first kappa shape index (κ1) is 16.0. The fourth-order valence-electron chi connectivity index (χ4n) is 3.28. The van der Waals surface area contributed by atoms with E-state index in [4.69, 9.17) is 5.73 Å². The maximum atomic E-state index is 6.44. The molecule has 1 aromatic rings. The summed E-state index contributed by atoms with van der Waals surface area (Å²) in [4.78, 5) is 2.60. The van der Waals surface area contributed by atoms with E-state index in [1.807, 2.05) is 0 Å². The van der Waals surface area contributed by atoms with Crippen LogP contribution in [0.25, 0.3) is 0 Å². The van der Waals surface area contributed by atoms with E-state index < -0.39 is 0 Å². The first-order valence-electron chi connectivity index (χ1n) is 7.90. The van der Waals surface area contributed by atoms with Crippen LogP contribution in [0, 0.1) is 5.92 Å². The molecule has 1 aliphatic rings. The van der Waals surface area contributed by atoms with Gasteiger partial charge >= 0.3 is 0 Å². The van der Waals surface area contributed by atoms with Crippen molar-refractivity contribution >= 4 is 15.9 Å². The van der Waals surface area contributed by atoms with Gasteiger partial charge in [0.25, 0.3) is 0 Å². The van der Waals surface area contributed by atoms with Gasteiger partial charge < -0.3 is 5.73 Å². The van der Waals surface area contributed by atoms with Crippen LogP contribution in [0.5, 0.6) is 0 Å². The first-order valence-corrected chi connectivity index (χ1v) is 8.70. The fraction of sp³-hybridized carbons (Fsp3) is 0.647. The maximum Gasteiger partial charge on any atom is 0.0499 e. The molecule has 0 aromatic heterocycles. The van der Waals surface area contributed by atoms with Gasteiger partial charge in [-0.05, 0) is 56.0 Å². The minimum atomic E-state index is 0.211. The van der Waals surface area contributed by atoms with Gasteiger partial charge in [-0.3, -0.25) is 4.90 Å². The van der Waals surface area contributed by atoms with Crippen LogP contribution in [-0.2, 0) is 0 Å². The van der Waals surface area contributed by atoms with E-state index in [1.165, 1.54) is 37.9 Å². The van der Waals surface area contributed by atoms with Crippen molar-refractivity contribution in [3.05, 3.63) is 34.3 Å². The standard InChI is InChI=1S/C17H27BrN2/c1-3-13-8-10-20(11-9-13)17(16(19)4-2)14-6-5-7-15(18)12-14/h5-7,12-13,16-17H,3-4,8-11,19H2,1-2H3. The quantitative estimate of drug-likeness (QED) is 0.864. The van der Waals surface area contributed by atoms with Gasteiger partial charge in [-0.2, -0.15) is 0 Å². The molecule has 2 rings (SSSR count). The Balaban J connectivity index is 2.16. The van der Waals surface area contributed by atoms with Gasteiger partial charge in [-0.25, -0.2) is 0 Å². The Labute approximate surface area is 131 Å². The molecular formula is C17H27BrN2. The minimum Gasteiger partial charge on any atom is -0.326 e. The summed E-state index contributed by atoms with van der Waals surface area (Å²) in [5.41, 5.74) is 7.79. The molecule has 0 radical (unpaired) electrons. The van der Waals surface area contributed by atoms with Gasteiger partial charge in [0.2, 0.25) is 0 Å². The van der Waals surface area contributed by atoms with Gasteiger partial charge in [0.1, 0.15) is 0 Å². The third-order valence-electron chi connectivity index (χ3n) is 4.69. The molecule has 0 bridgehead atoms. The summed E-state index contributed by atoms with van der Waals surface area (Å²) in [6.07, 6.45) is 4.97. The van der Waals surface area contributed by atoms with Crippen LogP contribution in [0.4, 0.5) is 0 Å². The predicted octanol–water partition coefficient (Wildman–Crippen LogP) is 4.35. The molecule has 0 saturated carbocycles. The molecule has 2 N–H and O–H groups in total. The molecule has 1 aromatic carbocycles. The normalized spacial score (nSPS) is 20.8. The number of likely N-dealkylation sites (tertiary alicyclic amines) is 1. The summed E-state index contributed by atoms with van der Waals surface area (Å²) < 4.78 is 1.15. The van der Waals surface area contributed by atoms with Crippen molar-refractivity contribution in [2.24, 2.45) is 11.7 Å². The molecule has 2 unspecified atom stereocenters. The second-order valence-electron chi connectivity index (χ2n) is 5.96. The average molecular weight is 339 g/mol. The summed E-state index contributed by atoms with van der Waals surface area (Å²) in [5, 5.41) is 0. The van der Waals surface area contributed by atoms with E-state index >= 15 is 0 Å². The summed E-state index contributed by atoms with van der Waals surface area (Å²) in [7, 11) is 0. The Hall–Kier alpha value is -0.380. The van der Waals surface area contributed by atoms with Crippen molar-refractivity contribution in [2.75, 3.05) is 13.1 Å². The highest BCUT2D eigenvalue weighted by Gasteiger charge is 2.29. The molecule has 3 heteroatoms. The molecule has 1 heterocycles. The van der Waals surface area contributed by atoms with Gasteiger partial charge in [0.05, 0.1) is 0 Å². The number of benzene rings is 1. The Morgan fingerprint density at radius 3 is 2.55 bits per heavy atom. The van der Waals surface area contributed by atoms with Crippen molar-refractivity contribution < 1.29 is 0 Å². The summed E-state index contributed by atoms with van der Waals surface area (Å²) >= 11 is 3.59. The molecule has 0 aliphatic carbocycles. The topological polar surface area (TPSA) is 29.3 Å². The number of hydrogen-bond donors (Lipinski definition) is 1. The van der Waals surface area contributed by atoms with Crippen molar-refractivity contribution in [3.8, 4) is 0 Å². The molecule has 1 fully saturated rings. The van der Waals surface area contributed by atoms with Gasteiger partial charge in [-0.1, -0.05) is 48.3 Å². The van der Waals surface area contributed by atoms with Gasteiger partial charge in [-0.15, -0.1) is 0 Å². The maximum absolute atomic E-state index is 6.44. The van der Waals surface area contributed by atoms with Crippen LogP contribution < -0.4 is 5.73 Å². The van der Waals surface area contributed by atoms with Gasteiger partial charge in [0, 0.05) is 16.6 Å². The van der Waals surface area contributed by atoms with Crippen LogP contribution in [-0.4, -0.2) is 24.0 Å². The van der Waals surface area contributed by atoms with Crippen LogP contribution in [0.3, 0.4) is 0 Å². The predicted molar refractivity (Wildman–Crippen MR) is 89.7 cm³/mol. The highest BCUT2D eigenvalue weighted by Crippen LogP contribution is 2.31. The number of piperidine rings is 1. The lowest BCUT2D eigenvalue weighted by Crippen LogP contribution is -2.44. The lowest BCUT2D eigenvalue weighted by atomic mass is 9.90. The molecule has 1 aliphatic heterocycles. The molecule has 112 valence electrons. The van der Waals surface area contributed by atoms with Crippen molar-refractivity contribution in [1.82, 2.24) is 4.90 Å². The average Bonchev–Trinajstić information content (AvgIpc) is 2.48.